The van der Waals surface area contributed by atoms with Crippen LogP contribution in [0, 0.1) is 0 Å². The molecule has 3 nitrogen and oxygen atoms in total. The first-order valence-corrected chi connectivity index (χ1v) is 11.1. The maximum atomic E-state index is 11.7. The Morgan fingerprint density at radius 2 is 1.19 bits per heavy atom. The number of para-hydroxylation sites is 2. The molecule has 158 valence electrons. The Morgan fingerprint density at radius 1 is 0.688 bits per heavy atom. The molecular weight excluding hydrogens is 414 g/mol. The van der Waals surface area contributed by atoms with Crippen molar-refractivity contribution in [2.45, 2.75) is 4.90 Å². The number of anilines is 2. The quantitative estimate of drug-likeness (QED) is 0.222. The van der Waals surface area contributed by atoms with Gasteiger partial charge in [0, 0.05) is 21.7 Å². The number of ether oxygens (including phenoxy) is 1. The lowest BCUT2D eigenvalue weighted by Gasteiger charge is -2.28. The molecule has 0 aromatic heterocycles. The average molecular weight is 438 g/mol. The van der Waals surface area contributed by atoms with E-state index in [1.54, 1.807) is 23.9 Å². The van der Waals surface area contributed by atoms with Crippen LogP contribution in [-0.2, 0) is 4.74 Å². The molecule has 0 spiro atoms. The van der Waals surface area contributed by atoms with E-state index in [1.807, 2.05) is 66.7 Å². The summed E-state index contributed by atoms with van der Waals surface area (Å²) in [6.07, 6.45) is 0. The number of benzene rings is 4. The van der Waals surface area contributed by atoms with Crippen LogP contribution >= 0.6 is 11.8 Å². The Balaban J connectivity index is 1.76. The number of esters is 1. The second-order valence-corrected chi connectivity index (χ2v) is 7.95. The van der Waals surface area contributed by atoms with Gasteiger partial charge in [0.1, 0.15) is 0 Å². The number of hydrogen-bond acceptors (Lipinski definition) is 4. The van der Waals surface area contributed by atoms with E-state index in [4.69, 9.17) is 4.74 Å². The third-order valence-corrected chi connectivity index (χ3v) is 5.81. The topological polar surface area (TPSA) is 29.5 Å². The van der Waals surface area contributed by atoms with Gasteiger partial charge in [0.05, 0.1) is 18.4 Å². The fourth-order valence-electron chi connectivity index (χ4n) is 3.35. The minimum absolute atomic E-state index is 0.332. The van der Waals surface area contributed by atoms with Gasteiger partial charge in [-0.15, -0.1) is 0 Å². The Morgan fingerprint density at radius 3 is 1.69 bits per heavy atom. The molecule has 0 aliphatic carbocycles. The van der Waals surface area contributed by atoms with E-state index in [0.717, 1.165) is 27.5 Å². The molecule has 0 unspecified atom stereocenters. The van der Waals surface area contributed by atoms with Crippen molar-refractivity contribution in [2.75, 3.05) is 12.0 Å². The molecule has 0 atom stereocenters. The zero-order valence-corrected chi connectivity index (χ0v) is 18.5. The van der Waals surface area contributed by atoms with Gasteiger partial charge < -0.3 is 9.64 Å². The predicted molar refractivity (Wildman–Crippen MR) is 133 cm³/mol. The van der Waals surface area contributed by atoms with E-state index in [0.29, 0.717) is 5.56 Å². The standard InChI is InChI=1S/C28H23NO2S/c1-31-28(30)23-17-19-26(20-18-23)32-21-27(22-11-5-2-6-12-22)29(24-13-7-3-8-14-24)25-15-9-4-10-16-25/h2-21H,1H3/b27-21-. The van der Waals surface area contributed by atoms with E-state index in [-0.39, 0.29) is 5.97 Å². The molecule has 0 bridgehead atoms. The Bertz CT molecular complexity index is 1140. The molecule has 0 amide bonds. The molecule has 0 saturated carbocycles. The van der Waals surface area contributed by atoms with Crippen LogP contribution in [0.2, 0.25) is 0 Å². The number of carbonyl (C=O) groups is 1. The number of nitrogens with zero attached hydrogens (tertiary/aromatic N) is 1. The van der Waals surface area contributed by atoms with Crippen molar-refractivity contribution in [3.8, 4) is 0 Å². The third-order valence-electron chi connectivity index (χ3n) is 4.92. The summed E-state index contributed by atoms with van der Waals surface area (Å²) in [4.78, 5) is 15.0. The highest BCUT2D eigenvalue weighted by Crippen LogP contribution is 2.36. The van der Waals surface area contributed by atoms with E-state index >= 15 is 0 Å². The van der Waals surface area contributed by atoms with E-state index in [2.05, 4.69) is 46.7 Å². The maximum absolute atomic E-state index is 11.7. The van der Waals surface area contributed by atoms with Crippen LogP contribution in [0.4, 0.5) is 11.4 Å². The van der Waals surface area contributed by atoms with Crippen LogP contribution < -0.4 is 4.90 Å². The molecule has 0 heterocycles. The summed E-state index contributed by atoms with van der Waals surface area (Å²) in [6.45, 7) is 0. The lowest BCUT2D eigenvalue weighted by Crippen LogP contribution is -2.15. The normalized spacial score (nSPS) is 11.1. The largest absolute Gasteiger partial charge is 0.465 e. The Labute approximate surface area is 193 Å². The van der Waals surface area contributed by atoms with E-state index in [9.17, 15) is 4.79 Å². The number of thioether (sulfide) groups is 1. The van der Waals surface area contributed by atoms with E-state index < -0.39 is 0 Å². The summed E-state index contributed by atoms with van der Waals surface area (Å²) < 4.78 is 4.80. The summed E-state index contributed by atoms with van der Waals surface area (Å²) in [7, 11) is 1.39. The first-order chi connectivity index (χ1) is 15.8. The first-order valence-electron chi connectivity index (χ1n) is 10.3. The number of methoxy groups -OCH3 is 1. The van der Waals surface area contributed by atoms with Gasteiger partial charge in [-0.2, -0.15) is 0 Å². The minimum Gasteiger partial charge on any atom is -0.465 e. The highest BCUT2D eigenvalue weighted by Gasteiger charge is 2.16. The van der Waals surface area contributed by atoms with Gasteiger partial charge in [0.15, 0.2) is 0 Å². The molecule has 0 aliphatic heterocycles. The minimum atomic E-state index is -0.332. The van der Waals surface area contributed by atoms with Crippen molar-refractivity contribution >= 4 is 34.8 Å². The monoisotopic (exact) mass is 437 g/mol. The van der Waals surface area contributed by atoms with Gasteiger partial charge in [-0.3, -0.25) is 0 Å². The highest BCUT2D eigenvalue weighted by atomic mass is 32.2. The summed E-state index contributed by atoms with van der Waals surface area (Å²) in [6, 6.07) is 38.5. The zero-order chi connectivity index (χ0) is 22.2. The number of carbonyl (C=O) groups excluding carboxylic acids is 1. The van der Waals surface area contributed by atoms with Crippen molar-refractivity contribution in [1.82, 2.24) is 0 Å². The lowest BCUT2D eigenvalue weighted by molar-refractivity contribution is 0.0600. The molecular formula is C28H23NO2S. The third kappa shape index (κ3) is 5.10. The van der Waals surface area contributed by atoms with Crippen LogP contribution in [-0.4, -0.2) is 13.1 Å². The van der Waals surface area contributed by atoms with Crippen LogP contribution in [0.1, 0.15) is 15.9 Å². The Kier molecular flexibility index (Phi) is 7.05. The van der Waals surface area contributed by atoms with Crippen LogP contribution in [0.25, 0.3) is 5.70 Å². The molecule has 4 aromatic carbocycles. The second kappa shape index (κ2) is 10.5. The second-order valence-electron chi connectivity index (χ2n) is 7.01. The van der Waals surface area contributed by atoms with Gasteiger partial charge in [-0.1, -0.05) is 78.5 Å². The lowest BCUT2D eigenvalue weighted by atomic mass is 10.1. The summed E-state index contributed by atoms with van der Waals surface area (Å²) in [5.41, 5.74) is 4.87. The number of hydrogen-bond donors (Lipinski definition) is 0. The molecule has 0 aliphatic rings. The molecule has 0 fully saturated rings. The predicted octanol–water partition coefficient (Wildman–Crippen LogP) is 7.40. The molecule has 0 saturated heterocycles. The number of rotatable bonds is 7. The molecule has 0 radical (unpaired) electrons. The fourth-order valence-corrected chi connectivity index (χ4v) is 4.13. The van der Waals surface area contributed by atoms with Gasteiger partial charge >= 0.3 is 5.97 Å². The summed E-state index contributed by atoms with van der Waals surface area (Å²) in [5.74, 6) is -0.332. The van der Waals surface area contributed by atoms with Crippen molar-refractivity contribution in [1.29, 1.82) is 0 Å². The van der Waals surface area contributed by atoms with Crippen LogP contribution in [0.15, 0.2) is 126 Å². The SMILES string of the molecule is COC(=O)c1ccc(S/C=C(/c2ccccc2)N(c2ccccc2)c2ccccc2)cc1. The fraction of sp³-hybridized carbons (Fsp3) is 0.0357. The summed E-state index contributed by atoms with van der Waals surface area (Å²) >= 11 is 1.61. The summed E-state index contributed by atoms with van der Waals surface area (Å²) in [5, 5.41) is 2.16. The molecule has 0 N–H and O–H groups in total. The van der Waals surface area contributed by atoms with E-state index in [1.165, 1.54) is 7.11 Å². The van der Waals surface area contributed by atoms with Gasteiger partial charge in [-0.05, 0) is 54.1 Å². The van der Waals surface area contributed by atoms with Crippen molar-refractivity contribution < 1.29 is 9.53 Å². The van der Waals surface area contributed by atoms with Crippen molar-refractivity contribution in [3.63, 3.8) is 0 Å². The van der Waals surface area contributed by atoms with Crippen LogP contribution in [0.5, 0.6) is 0 Å². The van der Waals surface area contributed by atoms with Crippen molar-refractivity contribution in [3.05, 3.63) is 132 Å². The average Bonchev–Trinajstić information content (AvgIpc) is 2.88. The van der Waals surface area contributed by atoms with Gasteiger partial charge in [0.25, 0.3) is 0 Å². The molecule has 4 rings (SSSR count). The van der Waals surface area contributed by atoms with Gasteiger partial charge in [-0.25, -0.2) is 4.79 Å². The molecule has 4 aromatic rings. The molecule has 4 heteroatoms. The molecule has 32 heavy (non-hydrogen) atoms. The first kappa shape index (κ1) is 21.5. The van der Waals surface area contributed by atoms with Crippen molar-refractivity contribution in [2.24, 2.45) is 0 Å². The van der Waals surface area contributed by atoms with Crippen LogP contribution in [0.3, 0.4) is 0 Å². The van der Waals surface area contributed by atoms with Gasteiger partial charge in [0.2, 0.25) is 0 Å². The highest BCUT2D eigenvalue weighted by molar-refractivity contribution is 8.02. The maximum Gasteiger partial charge on any atom is 0.337 e. The Hall–Kier alpha value is -3.76. The smallest absolute Gasteiger partial charge is 0.337 e. The zero-order valence-electron chi connectivity index (χ0n) is 17.7.